The van der Waals surface area contributed by atoms with E-state index in [1.807, 2.05) is 19.1 Å². The summed E-state index contributed by atoms with van der Waals surface area (Å²) in [5, 5.41) is 3.14. The summed E-state index contributed by atoms with van der Waals surface area (Å²) >= 11 is 0. The summed E-state index contributed by atoms with van der Waals surface area (Å²) in [6.45, 7) is 4.46. The molecule has 5 nitrogen and oxygen atoms in total. The lowest BCUT2D eigenvalue weighted by atomic mass is 10.0. The van der Waals surface area contributed by atoms with Crippen LogP contribution in [0.4, 0.5) is 5.69 Å². The van der Waals surface area contributed by atoms with E-state index in [4.69, 9.17) is 9.47 Å². The molecule has 1 aliphatic carbocycles. The van der Waals surface area contributed by atoms with Gasteiger partial charge in [0.2, 0.25) is 5.91 Å². The van der Waals surface area contributed by atoms with Crippen molar-refractivity contribution in [3.8, 4) is 5.75 Å². The lowest BCUT2D eigenvalue weighted by Crippen LogP contribution is -2.47. The van der Waals surface area contributed by atoms with Gasteiger partial charge in [0, 0.05) is 30.9 Å². The third-order valence-corrected chi connectivity index (χ3v) is 4.91. The van der Waals surface area contributed by atoms with Crippen molar-refractivity contribution in [2.45, 2.75) is 44.8 Å². The molecule has 132 valence electrons. The molecule has 1 saturated carbocycles. The Morgan fingerprint density at radius 3 is 2.71 bits per heavy atom. The fourth-order valence-corrected chi connectivity index (χ4v) is 3.05. The predicted molar refractivity (Wildman–Crippen MR) is 94.5 cm³/mol. The molecular weight excluding hydrogens is 304 g/mol. The van der Waals surface area contributed by atoms with Gasteiger partial charge in [-0.25, -0.2) is 0 Å². The number of anilines is 1. The molecule has 24 heavy (non-hydrogen) atoms. The standard InChI is InChI=1S/C19H28N2O3/c1-14(24-13-15-6-7-15)19(22)20-16-8-10-21(11-9-16)17-4-3-5-18(12-17)23-2/h3-5,12,14-16H,6-11,13H2,1-2H3,(H,20,22). The smallest absolute Gasteiger partial charge is 0.249 e. The van der Waals surface area contributed by atoms with E-state index in [1.165, 1.54) is 18.5 Å². The molecule has 1 aliphatic heterocycles. The minimum absolute atomic E-state index is 0.0236. The second kappa shape index (κ2) is 7.88. The number of nitrogens with zero attached hydrogens (tertiary/aromatic N) is 1. The van der Waals surface area contributed by atoms with Crippen LogP contribution in [0, 0.1) is 5.92 Å². The van der Waals surface area contributed by atoms with Gasteiger partial charge in [0.05, 0.1) is 13.7 Å². The number of carbonyl (C=O) groups is 1. The van der Waals surface area contributed by atoms with Crippen LogP contribution in [0.3, 0.4) is 0 Å². The van der Waals surface area contributed by atoms with Crippen molar-refractivity contribution in [1.82, 2.24) is 5.32 Å². The first-order chi connectivity index (χ1) is 11.7. The highest BCUT2D eigenvalue weighted by atomic mass is 16.5. The zero-order valence-corrected chi connectivity index (χ0v) is 14.7. The lowest BCUT2D eigenvalue weighted by Gasteiger charge is -2.34. The van der Waals surface area contributed by atoms with Crippen LogP contribution >= 0.6 is 0 Å². The summed E-state index contributed by atoms with van der Waals surface area (Å²) in [6, 6.07) is 8.38. The number of benzene rings is 1. The van der Waals surface area contributed by atoms with Gasteiger partial charge in [0.25, 0.3) is 0 Å². The molecule has 1 aromatic rings. The van der Waals surface area contributed by atoms with Gasteiger partial charge in [0.1, 0.15) is 11.9 Å². The number of methoxy groups -OCH3 is 1. The molecule has 1 heterocycles. The van der Waals surface area contributed by atoms with Crippen molar-refractivity contribution >= 4 is 11.6 Å². The Morgan fingerprint density at radius 1 is 1.29 bits per heavy atom. The zero-order valence-electron chi connectivity index (χ0n) is 14.7. The van der Waals surface area contributed by atoms with Gasteiger partial charge >= 0.3 is 0 Å². The van der Waals surface area contributed by atoms with Crippen molar-refractivity contribution in [2.75, 3.05) is 31.7 Å². The maximum absolute atomic E-state index is 12.2. The van der Waals surface area contributed by atoms with Gasteiger partial charge in [-0.1, -0.05) is 6.07 Å². The highest BCUT2D eigenvalue weighted by Gasteiger charge is 2.26. The topological polar surface area (TPSA) is 50.8 Å². The first-order valence-electron chi connectivity index (χ1n) is 8.96. The van der Waals surface area contributed by atoms with Gasteiger partial charge < -0.3 is 19.7 Å². The molecule has 0 spiro atoms. The number of amides is 1. The van der Waals surface area contributed by atoms with Crippen LogP contribution in [0.5, 0.6) is 5.75 Å². The Hall–Kier alpha value is -1.75. The van der Waals surface area contributed by atoms with Gasteiger partial charge in [-0.15, -0.1) is 0 Å². The summed E-state index contributed by atoms with van der Waals surface area (Å²) in [5.74, 6) is 1.59. The Labute approximate surface area is 144 Å². The molecular formula is C19H28N2O3. The summed E-state index contributed by atoms with van der Waals surface area (Å²) in [7, 11) is 1.69. The van der Waals surface area contributed by atoms with E-state index in [0.717, 1.165) is 38.3 Å². The van der Waals surface area contributed by atoms with E-state index in [-0.39, 0.29) is 18.1 Å². The largest absolute Gasteiger partial charge is 0.497 e. The highest BCUT2D eigenvalue weighted by Crippen LogP contribution is 2.29. The number of rotatable bonds is 7. The Bertz CT molecular complexity index is 551. The third kappa shape index (κ3) is 4.63. The number of ether oxygens (including phenoxy) is 2. The second-order valence-corrected chi connectivity index (χ2v) is 6.89. The van der Waals surface area contributed by atoms with E-state index in [1.54, 1.807) is 7.11 Å². The third-order valence-electron chi connectivity index (χ3n) is 4.91. The first kappa shape index (κ1) is 17.1. The second-order valence-electron chi connectivity index (χ2n) is 6.89. The molecule has 5 heteroatoms. The maximum atomic E-state index is 12.2. The number of hydrogen-bond donors (Lipinski definition) is 1. The average Bonchev–Trinajstić information content (AvgIpc) is 3.44. The maximum Gasteiger partial charge on any atom is 0.249 e. The van der Waals surface area contributed by atoms with Crippen molar-refractivity contribution in [2.24, 2.45) is 5.92 Å². The van der Waals surface area contributed by atoms with Gasteiger partial charge in [-0.05, 0) is 50.7 Å². The molecule has 1 amide bonds. The van der Waals surface area contributed by atoms with E-state index in [0.29, 0.717) is 5.92 Å². The minimum atomic E-state index is -0.345. The van der Waals surface area contributed by atoms with Gasteiger partial charge in [-0.2, -0.15) is 0 Å². The van der Waals surface area contributed by atoms with Crippen molar-refractivity contribution in [3.63, 3.8) is 0 Å². The summed E-state index contributed by atoms with van der Waals surface area (Å²) in [4.78, 5) is 14.6. The van der Waals surface area contributed by atoms with E-state index >= 15 is 0 Å². The fourth-order valence-electron chi connectivity index (χ4n) is 3.05. The number of nitrogens with one attached hydrogen (secondary N) is 1. The molecule has 3 rings (SSSR count). The average molecular weight is 332 g/mol. The zero-order chi connectivity index (χ0) is 16.9. The predicted octanol–water partition coefficient (Wildman–Crippen LogP) is 2.60. The van der Waals surface area contributed by atoms with Crippen LogP contribution in [-0.4, -0.2) is 44.9 Å². The van der Waals surface area contributed by atoms with Crippen LogP contribution < -0.4 is 15.0 Å². The Morgan fingerprint density at radius 2 is 2.04 bits per heavy atom. The van der Waals surface area contributed by atoms with E-state index in [2.05, 4.69) is 22.3 Å². The quantitative estimate of drug-likeness (QED) is 0.834. The molecule has 1 N–H and O–H groups in total. The molecule has 1 unspecified atom stereocenters. The molecule has 1 aromatic carbocycles. The van der Waals surface area contributed by atoms with E-state index in [9.17, 15) is 4.79 Å². The van der Waals surface area contributed by atoms with Crippen LogP contribution in [0.1, 0.15) is 32.6 Å². The number of piperidine rings is 1. The SMILES string of the molecule is COc1cccc(N2CCC(NC(=O)C(C)OCC3CC3)CC2)c1. The Balaban J connectivity index is 1.43. The van der Waals surface area contributed by atoms with Gasteiger partial charge in [-0.3, -0.25) is 4.79 Å². The van der Waals surface area contributed by atoms with Crippen molar-refractivity contribution in [1.29, 1.82) is 0 Å². The van der Waals surface area contributed by atoms with Crippen molar-refractivity contribution in [3.05, 3.63) is 24.3 Å². The fraction of sp³-hybridized carbons (Fsp3) is 0.632. The molecule has 1 atom stereocenters. The summed E-state index contributed by atoms with van der Waals surface area (Å²) in [6.07, 6.45) is 4.06. The first-order valence-corrected chi connectivity index (χ1v) is 8.96. The molecule has 0 aromatic heterocycles. The monoisotopic (exact) mass is 332 g/mol. The highest BCUT2D eigenvalue weighted by molar-refractivity contribution is 5.80. The lowest BCUT2D eigenvalue weighted by molar-refractivity contribution is -0.132. The minimum Gasteiger partial charge on any atom is -0.497 e. The van der Waals surface area contributed by atoms with Gasteiger partial charge in [0.15, 0.2) is 0 Å². The van der Waals surface area contributed by atoms with E-state index < -0.39 is 0 Å². The molecule has 1 saturated heterocycles. The number of hydrogen-bond acceptors (Lipinski definition) is 4. The molecule has 0 bridgehead atoms. The van der Waals surface area contributed by atoms with Crippen LogP contribution in [0.2, 0.25) is 0 Å². The van der Waals surface area contributed by atoms with Crippen LogP contribution in [-0.2, 0) is 9.53 Å². The van der Waals surface area contributed by atoms with Crippen molar-refractivity contribution < 1.29 is 14.3 Å². The molecule has 2 aliphatic rings. The number of carbonyl (C=O) groups excluding carboxylic acids is 1. The molecule has 0 radical (unpaired) electrons. The Kier molecular flexibility index (Phi) is 5.61. The summed E-state index contributed by atoms with van der Waals surface area (Å²) < 4.78 is 10.9. The van der Waals surface area contributed by atoms with Crippen LogP contribution in [0.15, 0.2) is 24.3 Å². The summed E-state index contributed by atoms with van der Waals surface area (Å²) in [5.41, 5.74) is 1.18. The normalized spacial score (nSPS) is 19.8. The molecule has 2 fully saturated rings. The van der Waals surface area contributed by atoms with Crippen LogP contribution in [0.25, 0.3) is 0 Å².